The van der Waals surface area contributed by atoms with Crippen molar-refractivity contribution in [3.8, 4) is 0 Å². The SMILES string of the molecule is Cc1ccccc1C(=O)O[C@H](C)C(=O)Nc1ccc(F)cc1. The second kappa shape index (κ2) is 6.85. The fraction of sp³-hybridized carbons (Fsp3) is 0.176. The van der Waals surface area contributed by atoms with Crippen molar-refractivity contribution in [1.29, 1.82) is 0 Å². The lowest BCUT2D eigenvalue weighted by atomic mass is 10.1. The number of nitrogens with one attached hydrogen (secondary N) is 1. The first kappa shape index (κ1) is 15.7. The van der Waals surface area contributed by atoms with Gasteiger partial charge in [0.1, 0.15) is 5.82 Å². The van der Waals surface area contributed by atoms with Crippen LogP contribution >= 0.6 is 0 Å². The number of esters is 1. The van der Waals surface area contributed by atoms with Crippen molar-refractivity contribution < 1.29 is 18.7 Å². The molecular formula is C17H16FNO3. The van der Waals surface area contributed by atoms with Crippen LogP contribution in [0.15, 0.2) is 48.5 Å². The van der Waals surface area contributed by atoms with E-state index in [9.17, 15) is 14.0 Å². The third-order valence-electron chi connectivity index (χ3n) is 3.13. The molecule has 22 heavy (non-hydrogen) atoms. The van der Waals surface area contributed by atoms with E-state index >= 15 is 0 Å². The average Bonchev–Trinajstić information content (AvgIpc) is 2.49. The predicted octanol–water partition coefficient (Wildman–Crippen LogP) is 3.32. The molecule has 2 aromatic rings. The number of anilines is 1. The van der Waals surface area contributed by atoms with E-state index in [2.05, 4.69) is 5.32 Å². The molecule has 0 saturated heterocycles. The van der Waals surface area contributed by atoms with Crippen LogP contribution in [0.1, 0.15) is 22.8 Å². The number of carbonyl (C=O) groups is 2. The van der Waals surface area contributed by atoms with Crippen LogP contribution in [0, 0.1) is 12.7 Å². The molecule has 2 rings (SSSR count). The average molecular weight is 301 g/mol. The van der Waals surface area contributed by atoms with Gasteiger partial charge in [0.25, 0.3) is 5.91 Å². The first-order valence-electron chi connectivity index (χ1n) is 6.80. The fourth-order valence-electron chi connectivity index (χ4n) is 1.86. The molecule has 0 saturated carbocycles. The van der Waals surface area contributed by atoms with E-state index in [0.29, 0.717) is 11.3 Å². The Balaban J connectivity index is 1.98. The zero-order chi connectivity index (χ0) is 16.1. The van der Waals surface area contributed by atoms with E-state index in [1.165, 1.54) is 31.2 Å². The Labute approximate surface area is 127 Å². The van der Waals surface area contributed by atoms with Gasteiger partial charge in [-0.1, -0.05) is 18.2 Å². The molecule has 1 N–H and O–H groups in total. The highest BCUT2D eigenvalue weighted by atomic mass is 19.1. The van der Waals surface area contributed by atoms with Crippen LogP contribution in [0.5, 0.6) is 0 Å². The van der Waals surface area contributed by atoms with Gasteiger partial charge in [-0.25, -0.2) is 9.18 Å². The topological polar surface area (TPSA) is 55.4 Å². The molecule has 1 amide bonds. The molecule has 114 valence electrons. The van der Waals surface area contributed by atoms with Gasteiger partial charge in [0.15, 0.2) is 6.10 Å². The standard InChI is InChI=1S/C17H16FNO3/c1-11-5-3-4-6-15(11)17(21)22-12(2)16(20)19-14-9-7-13(18)8-10-14/h3-10,12H,1-2H3,(H,19,20)/t12-/m1/s1. The van der Waals surface area contributed by atoms with Crippen molar-refractivity contribution >= 4 is 17.6 Å². The number of hydrogen-bond acceptors (Lipinski definition) is 3. The molecule has 0 aliphatic carbocycles. The summed E-state index contributed by atoms with van der Waals surface area (Å²) in [6.07, 6.45) is -0.961. The first-order chi connectivity index (χ1) is 10.5. The lowest BCUT2D eigenvalue weighted by Gasteiger charge is -2.14. The van der Waals surface area contributed by atoms with Crippen LogP contribution in [0.2, 0.25) is 0 Å². The summed E-state index contributed by atoms with van der Waals surface area (Å²) in [5.74, 6) is -1.43. The number of halogens is 1. The van der Waals surface area contributed by atoms with E-state index in [4.69, 9.17) is 4.74 Å². The maximum absolute atomic E-state index is 12.8. The quantitative estimate of drug-likeness (QED) is 0.881. The third kappa shape index (κ3) is 3.91. The van der Waals surface area contributed by atoms with E-state index in [0.717, 1.165) is 5.56 Å². The van der Waals surface area contributed by atoms with Gasteiger partial charge in [0, 0.05) is 5.69 Å². The van der Waals surface area contributed by atoms with Gasteiger partial charge in [-0.3, -0.25) is 4.79 Å². The summed E-state index contributed by atoms with van der Waals surface area (Å²) in [5, 5.41) is 2.56. The molecule has 0 unspecified atom stereocenters. The van der Waals surface area contributed by atoms with Gasteiger partial charge in [-0.2, -0.15) is 0 Å². The Hall–Kier alpha value is -2.69. The smallest absolute Gasteiger partial charge is 0.339 e. The molecule has 0 aliphatic heterocycles. The summed E-state index contributed by atoms with van der Waals surface area (Å²) in [5.41, 5.74) is 1.63. The van der Waals surface area contributed by atoms with Gasteiger partial charge < -0.3 is 10.1 Å². The minimum atomic E-state index is -0.961. The van der Waals surface area contributed by atoms with Gasteiger partial charge in [0.2, 0.25) is 0 Å². The van der Waals surface area contributed by atoms with Crippen LogP contribution in [-0.4, -0.2) is 18.0 Å². The fourth-order valence-corrected chi connectivity index (χ4v) is 1.86. The Morgan fingerprint density at radius 2 is 1.73 bits per heavy atom. The number of rotatable bonds is 4. The Morgan fingerprint density at radius 1 is 1.09 bits per heavy atom. The van der Waals surface area contributed by atoms with Crippen LogP contribution in [-0.2, 0) is 9.53 Å². The Morgan fingerprint density at radius 3 is 2.36 bits per heavy atom. The van der Waals surface area contributed by atoms with Crippen LogP contribution < -0.4 is 5.32 Å². The zero-order valence-corrected chi connectivity index (χ0v) is 12.3. The molecule has 0 aliphatic rings. The summed E-state index contributed by atoms with van der Waals surface area (Å²) in [6.45, 7) is 3.27. The molecule has 0 aromatic heterocycles. The van der Waals surface area contributed by atoms with Crippen molar-refractivity contribution in [3.05, 3.63) is 65.5 Å². The minimum Gasteiger partial charge on any atom is -0.449 e. The molecule has 0 bridgehead atoms. The van der Waals surface area contributed by atoms with Crippen molar-refractivity contribution in [2.75, 3.05) is 5.32 Å². The second-order valence-electron chi connectivity index (χ2n) is 4.86. The van der Waals surface area contributed by atoms with Crippen molar-refractivity contribution in [3.63, 3.8) is 0 Å². The van der Waals surface area contributed by atoms with Gasteiger partial charge >= 0.3 is 5.97 Å². The minimum absolute atomic E-state index is 0.392. The molecule has 2 aromatic carbocycles. The number of hydrogen-bond donors (Lipinski definition) is 1. The monoisotopic (exact) mass is 301 g/mol. The Kier molecular flexibility index (Phi) is 4.88. The molecule has 0 spiro atoms. The summed E-state index contributed by atoms with van der Waals surface area (Å²) in [4.78, 5) is 24.0. The number of carbonyl (C=O) groups excluding carboxylic acids is 2. The molecule has 0 fully saturated rings. The number of aryl methyl sites for hydroxylation is 1. The van der Waals surface area contributed by atoms with E-state index in [1.54, 1.807) is 25.1 Å². The van der Waals surface area contributed by atoms with E-state index in [-0.39, 0.29) is 0 Å². The number of ether oxygens (including phenoxy) is 1. The normalized spacial score (nSPS) is 11.6. The number of benzene rings is 2. The summed E-state index contributed by atoms with van der Waals surface area (Å²) in [7, 11) is 0. The highest BCUT2D eigenvalue weighted by molar-refractivity contribution is 5.97. The van der Waals surface area contributed by atoms with Crippen molar-refractivity contribution in [2.24, 2.45) is 0 Å². The van der Waals surface area contributed by atoms with Crippen LogP contribution in [0.3, 0.4) is 0 Å². The lowest BCUT2D eigenvalue weighted by Crippen LogP contribution is -2.30. The first-order valence-corrected chi connectivity index (χ1v) is 6.80. The summed E-state index contributed by atoms with van der Waals surface area (Å²) < 4.78 is 17.9. The molecule has 0 heterocycles. The van der Waals surface area contributed by atoms with Crippen LogP contribution in [0.4, 0.5) is 10.1 Å². The molecular weight excluding hydrogens is 285 g/mol. The second-order valence-corrected chi connectivity index (χ2v) is 4.86. The molecule has 4 nitrogen and oxygen atoms in total. The highest BCUT2D eigenvalue weighted by Gasteiger charge is 2.19. The van der Waals surface area contributed by atoms with Gasteiger partial charge in [-0.05, 0) is 49.7 Å². The molecule has 5 heteroatoms. The maximum atomic E-state index is 12.8. The van der Waals surface area contributed by atoms with Crippen LogP contribution in [0.25, 0.3) is 0 Å². The largest absolute Gasteiger partial charge is 0.449 e. The molecule has 0 radical (unpaired) electrons. The molecule has 1 atom stereocenters. The maximum Gasteiger partial charge on any atom is 0.339 e. The van der Waals surface area contributed by atoms with Crippen molar-refractivity contribution in [1.82, 2.24) is 0 Å². The number of amides is 1. The lowest BCUT2D eigenvalue weighted by molar-refractivity contribution is -0.123. The Bertz CT molecular complexity index is 683. The third-order valence-corrected chi connectivity index (χ3v) is 3.13. The van der Waals surface area contributed by atoms with E-state index in [1.807, 2.05) is 6.07 Å². The van der Waals surface area contributed by atoms with E-state index < -0.39 is 23.8 Å². The highest BCUT2D eigenvalue weighted by Crippen LogP contribution is 2.12. The summed E-state index contributed by atoms with van der Waals surface area (Å²) in [6, 6.07) is 12.3. The summed E-state index contributed by atoms with van der Waals surface area (Å²) >= 11 is 0. The van der Waals surface area contributed by atoms with Gasteiger partial charge in [-0.15, -0.1) is 0 Å². The van der Waals surface area contributed by atoms with Gasteiger partial charge in [0.05, 0.1) is 5.56 Å². The predicted molar refractivity (Wildman–Crippen MR) is 81.1 cm³/mol. The zero-order valence-electron chi connectivity index (χ0n) is 12.3. The van der Waals surface area contributed by atoms with Crippen molar-refractivity contribution in [2.45, 2.75) is 20.0 Å².